The van der Waals surface area contributed by atoms with E-state index in [1.54, 1.807) is 26.1 Å². The highest BCUT2D eigenvalue weighted by Crippen LogP contribution is 2.16. The molecule has 1 aromatic heterocycles. The van der Waals surface area contributed by atoms with Gasteiger partial charge >= 0.3 is 0 Å². The maximum Gasteiger partial charge on any atom is 0.232 e. The van der Waals surface area contributed by atoms with Crippen molar-refractivity contribution >= 4 is 27.7 Å². The summed E-state index contributed by atoms with van der Waals surface area (Å²) in [6.45, 7) is 3.89. The van der Waals surface area contributed by atoms with Crippen LogP contribution >= 0.6 is 15.9 Å². The molecule has 3 N–H and O–H groups in total. The SMILES string of the molecule is CC(C)(CN)C(=O)Nc1ccc(Br)cn1. The minimum absolute atomic E-state index is 0.125. The van der Waals surface area contributed by atoms with Gasteiger partial charge in [0.05, 0.1) is 5.41 Å². The lowest BCUT2D eigenvalue weighted by molar-refractivity contribution is -0.123. The number of nitrogens with one attached hydrogen (secondary N) is 1. The van der Waals surface area contributed by atoms with E-state index >= 15 is 0 Å². The van der Waals surface area contributed by atoms with Crippen LogP contribution in [0.3, 0.4) is 0 Å². The first kappa shape index (κ1) is 12.1. The second-order valence-electron chi connectivity index (χ2n) is 3.90. The number of hydrogen-bond donors (Lipinski definition) is 2. The highest BCUT2D eigenvalue weighted by atomic mass is 79.9. The molecule has 82 valence electrons. The van der Waals surface area contributed by atoms with Gasteiger partial charge in [0.25, 0.3) is 0 Å². The topological polar surface area (TPSA) is 68.0 Å². The molecule has 1 rings (SSSR count). The van der Waals surface area contributed by atoms with Crippen LogP contribution < -0.4 is 11.1 Å². The van der Waals surface area contributed by atoms with Crippen molar-refractivity contribution in [2.75, 3.05) is 11.9 Å². The molecule has 0 spiro atoms. The third kappa shape index (κ3) is 3.28. The first-order valence-electron chi connectivity index (χ1n) is 4.59. The molecule has 15 heavy (non-hydrogen) atoms. The molecule has 0 fully saturated rings. The van der Waals surface area contributed by atoms with Gasteiger partial charge in [-0.25, -0.2) is 4.98 Å². The number of amides is 1. The van der Waals surface area contributed by atoms with E-state index in [2.05, 4.69) is 26.2 Å². The summed E-state index contributed by atoms with van der Waals surface area (Å²) in [6.07, 6.45) is 1.63. The maximum absolute atomic E-state index is 11.7. The molecule has 1 aromatic rings. The Hall–Kier alpha value is -0.940. The Morgan fingerprint density at radius 3 is 2.73 bits per heavy atom. The van der Waals surface area contributed by atoms with E-state index in [4.69, 9.17) is 5.73 Å². The molecular weight excluding hydrogens is 258 g/mol. The van der Waals surface area contributed by atoms with Crippen molar-refractivity contribution in [3.63, 3.8) is 0 Å². The number of hydrogen-bond acceptors (Lipinski definition) is 3. The predicted octanol–water partition coefficient (Wildman–Crippen LogP) is 1.77. The summed E-state index contributed by atoms with van der Waals surface area (Å²) in [6, 6.07) is 3.55. The zero-order valence-electron chi connectivity index (χ0n) is 8.75. The van der Waals surface area contributed by atoms with Gasteiger partial charge in [-0.1, -0.05) is 0 Å². The average Bonchev–Trinajstić information content (AvgIpc) is 2.21. The van der Waals surface area contributed by atoms with Crippen molar-refractivity contribution in [2.45, 2.75) is 13.8 Å². The summed E-state index contributed by atoms with van der Waals surface area (Å²) in [5, 5.41) is 2.71. The highest BCUT2D eigenvalue weighted by Gasteiger charge is 2.25. The molecule has 0 aliphatic rings. The maximum atomic E-state index is 11.7. The van der Waals surface area contributed by atoms with Crippen molar-refractivity contribution < 1.29 is 4.79 Å². The van der Waals surface area contributed by atoms with Gasteiger partial charge in [0.2, 0.25) is 5.91 Å². The minimum Gasteiger partial charge on any atom is -0.329 e. The van der Waals surface area contributed by atoms with Gasteiger partial charge < -0.3 is 11.1 Å². The molecule has 0 bridgehead atoms. The summed E-state index contributed by atoms with van der Waals surface area (Å²) in [7, 11) is 0. The van der Waals surface area contributed by atoms with Crippen LogP contribution in [0.1, 0.15) is 13.8 Å². The third-order valence-electron chi connectivity index (χ3n) is 2.09. The zero-order valence-corrected chi connectivity index (χ0v) is 10.3. The second-order valence-corrected chi connectivity index (χ2v) is 4.82. The number of aromatic nitrogens is 1. The molecule has 4 nitrogen and oxygen atoms in total. The molecule has 0 saturated carbocycles. The van der Waals surface area contributed by atoms with Gasteiger partial charge in [-0.05, 0) is 41.9 Å². The van der Waals surface area contributed by atoms with Crippen molar-refractivity contribution in [1.29, 1.82) is 0 Å². The van der Waals surface area contributed by atoms with E-state index in [1.165, 1.54) is 0 Å². The van der Waals surface area contributed by atoms with Gasteiger partial charge in [-0.3, -0.25) is 4.79 Å². The summed E-state index contributed by atoms with van der Waals surface area (Å²) < 4.78 is 0.874. The number of nitrogens with zero attached hydrogens (tertiary/aromatic N) is 1. The summed E-state index contributed by atoms with van der Waals surface area (Å²) in [5.74, 6) is 0.407. The summed E-state index contributed by atoms with van der Waals surface area (Å²) in [5.41, 5.74) is 4.92. The Morgan fingerprint density at radius 2 is 2.27 bits per heavy atom. The van der Waals surface area contributed by atoms with Gasteiger partial charge in [0.1, 0.15) is 5.82 Å². The van der Waals surface area contributed by atoms with E-state index in [0.717, 1.165) is 4.47 Å². The number of halogens is 1. The Balaban J connectivity index is 2.71. The molecule has 0 aromatic carbocycles. The normalized spacial score (nSPS) is 11.2. The number of rotatable bonds is 3. The quantitative estimate of drug-likeness (QED) is 0.881. The van der Waals surface area contributed by atoms with Crippen LogP contribution in [0.15, 0.2) is 22.8 Å². The van der Waals surface area contributed by atoms with E-state index < -0.39 is 5.41 Å². The van der Waals surface area contributed by atoms with Crippen LogP contribution in [0.4, 0.5) is 5.82 Å². The molecule has 1 heterocycles. The van der Waals surface area contributed by atoms with Crippen LogP contribution in [0.5, 0.6) is 0 Å². The first-order valence-corrected chi connectivity index (χ1v) is 5.38. The number of anilines is 1. The summed E-state index contributed by atoms with van der Waals surface area (Å²) >= 11 is 3.27. The fourth-order valence-electron chi connectivity index (χ4n) is 0.828. The van der Waals surface area contributed by atoms with Crippen LogP contribution in [-0.2, 0) is 4.79 Å². The van der Waals surface area contributed by atoms with Gasteiger partial charge in [-0.15, -0.1) is 0 Å². The van der Waals surface area contributed by atoms with E-state index in [1.807, 2.05) is 6.07 Å². The molecule has 5 heteroatoms. The van der Waals surface area contributed by atoms with Crippen molar-refractivity contribution in [3.8, 4) is 0 Å². The number of pyridine rings is 1. The third-order valence-corrected chi connectivity index (χ3v) is 2.56. The monoisotopic (exact) mass is 271 g/mol. The molecule has 0 aliphatic heterocycles. The van der Waals surface area contributed by atoms with Gasteiger partial charge in [0, 0.05) is 17.2 Å². The lowest BCUT2D eigenvalue weighted by Gasteiger charge is -2.20. The standard InChI is InChI=1S/C10H14BrN3O/c1-10(2,6-12)9(15)14-8-4-3-7(11)5-13-8/h3-5H,6,12H2,1-2H3,(H,13,14,15). The fourth-order valence-corrected chi connectivity index (χ4v) is 1.06. The molecule has 0 aliphatic carbocycles. The van der Waals surface area contributed by atoms with Crippen LogP contribution in [-0.4, -0.2) is 17.4 Å². The van der Waals surface area contributed by atoms with E-state index in [0.29, 0.717) is 12.4 Å². The molecule has 1 amide bonds. The van der Waals surface area contributed by atoms with Crippen molar-refractivity contribution in [2.24, 2.45) is 11.1 Å². The summed E-state index contributed by atoms with van der Waals surface area (Å²) in [4.78, 5) is 15.8. The van der Waals surface area contributed by atoms with Crippen molar-refractivity contribution in [3.05, 3.63) is 22.8 Å². The van der Waals surface area contributed by atoms with Crippen LogP contribution in [0.2, 0.25) is 0 Å². The number of nitrogens with two attached hydrogens (primary N) is 1. The van der Waals surface area contributed by atoms with E-state index in [-0.39, 0.29) is 5.91 Å². The Labute approximate surface area is 97.4 Å². The average molecular weight is 272 g/mol. The van der Waals surface area contributed by atoms with Crippen LogP contribution in [0, 0.1) is 5.41 Å². The zero-order chi connectivity index (χ0) is 11.5. The number of carbonyl (C=O) groups is 1. The Kier molecular flexibility index (Phi) is 3.82. The molecule has 0 atom stereocenters. The van der Waals surface area contributed by atoms with Crippen LogP contribution in [0.25, 0.3) is 0 Å². The largest absolute Gasteiger partial charge is 0.329 e. The molecule has 0 saturated heterocycles. The molecule has 0 unspecified atom stereocenters. The van der Waals surface area contributed by atoms with E-state index in [9.17, 15) is 4.79 Å². The first-order chi connectivity index (χ1) is 6.95. The fraction of sp³-hybridized carbons (Fsp3) is 0.400. The Morgan fingerprint density at radius 1 is 1.60 bits per heavy atom. The van der Waals surface area contributed by atoms with Gasteiger partial charge in [0.15, 0.2) is 0 Å². The predicted molar refractivity (Wildman–Crippen MR) is 63.4 cm³/mol. The minimum atomic E-state index is -0.575. The smallest absolute Gasteiger partial charge is 0.232 e. The highest BCUT2D eigenvalue weighted by molar-refractivity contribution is 9.10. The Bertz CT molecular complexity index is 348. The second kappa shape index (κ2) is 4.72. The van der Waals surface area contributed by atoms with Crippen molar-refractivity contribution in [1.82, 2.24) is 4.98 Å². The number of carbonyl (C=O) groups excluding carboxylic acids is 1. The van der Waals surface area contributed by atoms with Gasteiger partial charge in [-0.2, -0.15) is 0 Å². The lowest BCUT2D eigenvalue weighted by atomic mass is 9.93. The lowest BCUT2D eigenvalue weighted by Crippen LogP contribution is -2.37. The molecular formula is C10H14BrN3O. The molecule has 0 radical (unpaired) electrons.